The van der Waals surface area contributed by atoms with Crippen molar-refractivity contribution in [3.05, 3.63) is 54.9 Å². The van der Waals surface area contributed by atoms with Gasteiger partial charge in [0.05, 0.1) is 12.6 Å². The molecule has 0 amide bonds. The van der Waals surface area contributed by atoms with E-state index in [2.05, 4.69) is 22.1 Å². The van der Waals surface area contributed by atoms with Crippen LogP contribution in [-0.2, 0) is 11.3 Å². The summed E-state index contributed by atoms with van der Waals surface area (Å²) in [7, 11) is 1.68. The molecular weight excluding hydrogens is 318 g/mol. The van der Waals surface area contributed by atoms with Gasteiger partial charge < -0.3 is 18.3 Å². The second-order valence-corrected chi connectivity index (χ2v) is 5.86. The summed E-state index contributed by atoms with van der Waals surface area (Å²) in [6.07, 6.45) is 5.43. The lowest BCUT2D eigenvalue weighted by molar-refractivity contribution is 0.185. The summed E-state index contributed by atoms with van der Waals surface area (Å²) in [6, 6.07) is 9.91. The topological polar surface area (TPSA) is 70.9 Å². The minimum atomic E-state index is -0.0370. The van der Waals surface area contributed by atoms with Gasteiger partial charge in [-0.3, -0.25) is 0 Å². The van der Waals surface area contributed by atoms with E-state index in [1.54, 1.807) is 19.6 Å². The number of hydrogen-bond acceptors (Lipinski definition) is 5. The molecule has 0 saturated carbocycles. The summed E-state index contributed by atoms with van der Waals surface area (Å²) in [5.74, 6) is 2.36. The molecule has 128 valence electrons. The normalized spacial score (nSPS) is 12.7. The number of benzene rings is 1. The maximum absolute atomic E-state index is 5.97. The number of fused-ring (bicyclic) bond motifs is 1. The molecule has 3 heterocycles. The van der Waals surface area contributed by atoms with Gasteiger partial charge in [0.25, 0.3) is 0 Å². The second kappa shape index (κ2) is 6.52. The minimum Gasteiger partial charge on any atom is -0.453 e. The fourth-order valence-corrected chi connectivity index (χ4v) is 2.98. The first-order valence-corrected chi connectivity index (χ1v) is 8.16. The number of imidazole rings is 1. The molecule has 0 bridgehead atoms. The first-order chi connectivity index (χ1) is 12.3. The molecule has 0 unspecified atom stereocenters. The fraction of sp³-hybridized carbons (Fsp3) is 0.278. The number of para-hydroxylation sites is 1. The van der Waals surface area contributed by atoms with Crippen molar-refractivity contribution in [2.75, 3.05) is 13.7 Å². The molecule has 0 saturated heterocycles. The van der Waals surface area contributed by atoms with Gasteiger partial charge in [-0.25, -0.2) is 4.98 Å². The van der Waals surface area contributed by atoms with Crippen LogP contribution >= 0.6 is 0 Å². The Kier molecular flexibility index (Phi) is 4.07. The van der Waals surface area contributed by atoms with Crippen LogP contribution in [0.1, 0.15) is 18.8 Å². The smallest absolute Gasteiger partial charge is 0.176 e. The van der Waals surface area contributed by atoms with Crippen LogP contribution in [0.25, 0.3) is 22.6 Å². The summed E-state index contributed by atoms with van der Waals surface area (Å²) in [6.45, 7) is 3.39. The first-order valence-electron chi connectivity index (χ1n) is 8.16. The van der Waals surface area contributed by atoms with Crippen molar-refractivity contribution in [2.45, 2.75) is 19.5 Å². The maximum Gasteiger partial charge on any atom is 0.176 e. The summed E-state index contributed by atoms with van der Waals surface area (Å²) in [4.78, 5) is 4.49. The predicted molar refractivity (Wildman–Crippen MR) is 93.1 cm³/mol. The average molecular weight is 337 g/mol. The summed E-state index contributed by atoms with van der Waals surface area (Å²) in [5, 5.41) is 9.38. The zero-order valence-electron chi connectivity index (χ0n) is 14.2. The molecule has 1 aromatic carbocycles. The van der Waals surface area contributed by atoms with Crippen molar-refractivity contribution in [2.24, 2.45) is 0 Å². The van der Waals surface area contributed by atoms with Crippen molar-refractivity contribution in [1.82, 2.24) is 24.3 Å². The van der Waals surface area contributed by atoms with Gasteiger partial charge in [-0.2, -0.15) is 0 Å². The largest absolute Gasteiger partial charge is 0.453 e. The van der Waals surface area contributed by atoms with Gasteiger partial charge in [0, 0.05) is 31.4 Å². The Balaban J connectivity index is 1.70. The number of rotatable bonds is 6. The van der Waals surface area contributed by atoms with E-state index in [1.807, 2.05) is 45.7 Å². The quantitative estimate of drug-likeness (QED) is 0.540. The first kappa shape index (κ1) is 15.6. The summed E-state index contributed by atoms with van der Waals surface area (Å²) < 4.78 is 15.2. The highest BCUT2D eigenvalue weighted by atomic mass is 16.5. The van der Waals surface area contributed by atoms with Gasteiger partial charge in [-0.15, -0.1) is 10.2 Å². The van der Waals surface area contributed by atoms with Crippen LogP contribution in [0, 0.1) is 0 Å². The van der Waals surface area contributed by atoms with E-state index in [1.165, 1.54) is 0 Å². The second-order valence-electron chi connectivity index (χ2n) is 5.86. The molecule has 0 fully saturated rings. The van der Waals surface area contributed by atoms with E-state index in [-0.39, 0.29) is 6.04 Å². The van der Waals surface area contributed by atoms with Crippen molar-refractivity contribution >= 4 is 11.0 Å². The van der Waals surface area contributed by atoms with Crippen LogP contribution in [-0.4, -0.2) is 38.0 Å². The Hall–Kier alpha value is -2.93. The predicted octanol–water partition coefficient (Wildman–Crippen LogP) is 3.14. The molecule has 0 spiro atoms. The number of methoxy groups -OCH3 is 1. The molecule has 4 aromatic rings. The van der Waals surface area contributed by atoms with E-state index in [9.17, 15) is 0 Å². The molecule has 0 aliphatic carbocycles. The lowest BCUT2D eigenvalue weighted by Gasteiger charge is -2.16. The van der Waals surface area contributed by atoms with Gasteiger partial charge >= 0.3 is 0 Å². The zero-order chi connectivity index (χ0) is 17.2. The van der Waals surface area contributed by atoms with Crippen molar-refractivity contribution in [3.8, 4) is 11.6 Å². The Labute approximate surface area is 144 Å². The monoisotopic (exact) mass is 337 g/mol. The third-order valence-corrected chi connectivity index (χ3v) is 4.29. The third-order valence-electron chi connectivity index (χ3n) is 4.29. The Morgan fingerprint density at radius 2 is 2.16 bits per heavy atom. The lowest BCUT2D eigenvalue weighted by atomic mass is 10.2. The van der Waals surface area contributed by atoms with E-state index >= 15 is 0 Å². The number of hydrogen-bond donors (Lipinski definition) is 0. The van der Waals surface area contributed by atoms with Gasteiger partial charge in [0.1, 0.15) is 11.9 Å². The van der Waals surface area contributed by atoms with Crippen LogP contribution in [0.4, 0.5) is 0 Å². The molecule has 4 rings (SSSR count). The Morgan fingerprint density at radius 1 is 1.28 bits per heavy atom. The van der Waals surface area contributed by atoms with Crippen molar-refractivity contribution < 1.29 is 9.15 Å². The Bertz CT molecular complexity index is 951. The standard InChI is InChI=1S/C18H19N5O2/c1-13(17-21-20-12-22(17)9-10-24-2)23-8-7-19-18(23)16-11-14-5-3-4-6-15(14)25-16/h3-8,11-13H,9-10H2,1-2H3/t13-/m1/s1. The Morgan fingerprint density at radius 3 is 3.00 bits per heavy atom. The highest BCUT2D eigenvalue weighted by Crippen LogP contribution is 2.29. The molecule has 0 radical (unpaired) electrons. The van der Waals surface area contributed by atoms with Crippen molar-refractivity contribution in [1.29, 1.82) is 0 Å². The van der Waals surface area contributed by atoms with Crippen LogP contribution in [0.15, 0.2) is 53.5 Å². The number of furan rings is 1. The number of aromatic nitrogens is 5. The highest BCUT2D eigenvalue weighted by Gasteiger charge is 2.20. The molecule has 1 atom stereocenters. The average Bonchev–Trinajstić information content (AvgIpc) is 3.37. The SMILES string of the molecule is COCCn1cnnc1[C@@H](C)n1ccnc1-c1cc2ccccc2o1. The van der Waals surface area contributed by atoms with Crippen LogP contribution in [0.3, 0.4) is 0 Å². The molecule has 3 aromatic heterocycles. The highest BCUT2D eigenvalue weighted by molar-refractivity contribution is 5.81. The van der Waals surface area contributed by atoms with Crippen LogP contribution in [0.2, 0.25) is 0 Å². The van der Waals surface area contributed by atoms with E-state index < -0.39 is 0 Å². The fourth-order valence-electron chi connectivity index (χ4n) is 2.98. The maximum atomic E-state index is 5.97. The third kappa shape index (κ3) is 2.83. The van der Waals surface area contributed by atoms with Gasteiger partial charge in [-0.05, 0) is 19.1 Å². The molecular formula is C18H19N5O2. The zero-order valence-corrected chi connectivity index (χ0v) is 14.2. The van der Waals surface area contributed by atoms with Crippen LogP contribution < -0.4 is 0 Å². The van der Waals surface area contributed by atoms with E-state index in [4.69, 9.17) is 9.15 Å². The van der Waals surface area contributed by atoms with Gasteiger partial charge in [0.15, 0.2) is 17.4 Å². The molecule has 0 aliphatic heterocycles. The summed E-state index contributed by atoms with van der Waals surface area (Å²) >= 11 is 0. The molecule has 0 aliphatic rings. The molecule has 25 heavy (non-hydrogen) atoms. The van der Waals surface area contributed by atoms with E-state index in [0.29, 0.717) is 13.2 Å². The minimum absolute atomic E-state index is 0.0370. The number of ether oxygens (including phenoxy) is 1. The molecule has 0 N–H and O–H groups in total. The molecule has 7 nitrogen and oxygen atoms in total. The van der Waals surface area contributed by atoms with Crippen molar-refractivity contribution in [3.63, 3.8) is 0 Å². The van der Waals surface area contributed by atoms with Gasteiger partial charge in [0.2, 0.25) is 0 Å². The van der Waals surface area contributed by atoms with Crippen LogP contribution in [0.5, 0.6) is 0 Å². The number of nitrogens with zero attached hydrogens (tertiary/aromatic N) is 5. The van der Waals surface area contributed by atoms with E-state index in [0.717, 1.165) is 28.4 Å². The summed E-state index contributed by atoms with van der Waals surface area (Å²) in [5.41, 5.74) is 0.850. The lowest BCUT2D eigenvalue weighted by Crippen LogP contribution is -2.15. The van der Waals surface area contributed by atoms with Gasteiger partial charge in [-0.1, -0.05) is 18.2 Å². The molecule has 7 heteroatoms.